The molecule has 0 fully saturated rings. The Morgan fingerprint density at radius 3 is 2.53 bits per heavy atom. The number of aryl methyl sites for hydroxylation is 1. The molecule has 2 rings (SSSR count). The van der Waals surface area contributed by atoms with E-state index in [9.17, 15) is 0 Å². The number of rotatable bonds is 3. The van der Waals surface area contributed by atoms with Gasteiger partial charge in [0.1, 0.15) is 0 Å². The van der Waals surface area contributed by atoms with Gasteiger partial charge in [0.05, 0.1) is 27.6 Å². The maximum Gasteiger partial charge on any atom is 0.0729 e. The highest BCUT2D eigenvalue weighted by atomic mass is 35.5. The molecule has 1 aromatic heterocycles. The Morgan fingerprint density at radius 1 is 1.35 bits per heavy atom. The summed E-state index contributed by atoms with van der Waals surface area (Å²) in [6.45, 7) is 0.616. The van der Waals surface area contributed by atoms with Crippen LogP contribution in [0.5, 0.6) is 0 Å². The third kappa shape index (κ3) is 2.84. The molecule has 0 radical (unpaired) electrons. The van der Waals surface area contributed by atoms with Gasteiger partial charge < -0.3 is 11.1 Å². The number of halogens is 2. The van der Waals surface area contributed by atoms with Gasteiger partial charge >= 0.3 is 0 Å². The summed E-state index contributed by atoms with van der Waals surface area (Å²) in [6, 6.07) is 3.60. The van der Waals surface area contributed by atoms with Crippen molar-refractivity contribution in [1.82, 2.24) is 9.78 Å². The van der Waals surface area contributed by atoms with Crippen molar-refractivity contribution in [3.8, 4) is 0 Å². The molecule has 2 aromatic rings. The van der Waals surface area contributed by atoms with Crippen LogP contribution >= 0.6 is 23.2 Å². The van der Waals surface area contributed by atoms with E-state index in [2.05, 4.69) is 10.4 Å². The minimum atomic E-state index is 0.415. The molecular weight excluding hydrogens is 259 g/mol. The molecule has 0 atom stereocenters. The molecule has 6 heteroatoms. The van der Waals surface area contributed by atoms with Crippen molar-refractivity contribution < 1.29 is 0 Å². The number of nitrogens with zero attached hydrogens (tertiary/aromatic N) is 2. The second kappa shape index (κ2) is 4.85. The van der Waals surface area contributed by atoms with Crippen LogP contribution in [0.3, 0.4) is 0 Å². The van der Waals surface area contributed by atoms with Crippen LogP contribution in [-0.4, -0.2) is 9.78 Å². The van der Waals surface area contributed by atoms with Gasteiger partial charge in [0.25, 0.3) is 0 Å². The van der Waals surface area contributed by atoms with Crippen molar-refractivity contribution in [2.45, 2.75) is 6.54 Å². The molecule has 0 aliphatic heterocycles. The summed E-state index contributed by atoms with van der Waals surface area (Å²) in [6.07, 6.45) is 3.64. The highest BCUT2D eigenvalue weighted by molar-refractivity contribution is 6.38. The number of nitrogen functional groups attached to an aromatic ring is 1. The van der Waals surface area contributed by atoms with Gasteiger partial charge in [-0.1, -0.05) is 23.2 Å². The average molecular weight is 271 g/mol. The zero-order valence-electron chi connectivity index (χ0n) is 9.24. The fraction of sp³-hybridized carbons (Fsp3) is 0.182. The normalized spacial score (nSPS) is 10.5. The fourth-order valence-electron chi connectivity index (χ4n) is 1.46. The Bertz CT molecular complexity index is 513. The monoisotopic (exact) mass is 270 g/mol. The molecule has 1 aromatic carbocycles. The lowest BCUT2D eigenvalue weighted by Crippen LogP contribution is -1.99. The Morgan fingerprint density at radius 2 is 2.00 bits per heavy atom. The zero-order valence-corrected chi connectivity index (χ0v) is 10.8. The number of nitrogens with one attached hydrogen (secondary N) is 1. The molecule has 0 unspecified atom stereocenters. The van der Waals surface area contributed by atoms with E-state index in [1.54, 1.807) is 23.0 Å². The minimum absolute atomic E-state index is 0.415. The first-order valence-electron chi connectivity index (χ1n) is 5.02. The molecule has 1 heterocycles. The molecule has 0 saturated heterocycles. The van der Waals surface area contributed by atoms with Crippen LogP contribution in [0, 0.1) is 0 Å². The van der Waals surface area contributed by atoms with Gasteiger partial charge in [-0.3, -0.25) is 4.68 Å². The van der Waals surface area contributed by atoms with Crippen LogP contribution in [-0.2, 0) is 13.6 Å². The number of nitrogens with two attached hydrogens (primary N) is 1. The van der Waals surface area contributed by atoms with Crippen molar-refractivity contribution in [2.75, 3.05) is 11.1 Å². The van der Waals surface area contributed by atoms with E-state index in [1.807, 2.05) is 13.2 Å². The van der Waals surface area contributed by atoms with Gasteiger partial charge in [0.2, 0.25) is 0 Å². The van der Waals surface area contributed by atoms with E-state index in [4.69, 9.17) is 28.9 Å². The summed E-state index contributed by atoms with van der Waals surface area (Å²) in [5.74, 6) is 0. The number of hydrogen-bond donors (Lipinski definition) is 2. The molecule has 0 amide bonds. The van der Waals surface area contributed by atoms with E-state index in [-0.39, 0.29) is 0 Å². The van der Waals surface area contributed by atoms with Crippen molar-refractivity contribution >= 4 is 34.6 Å². The first kappa shape index (κ1) is 12.1. The SMILES string of the molecule is Cn1cc(NCc2cc(Cl)c(N)c(Cl)c2)cn1. The Labute approximate surface area is 109 Å². The Kier molecular flexibility index (Phi) is 3.45. The number of anilines is 2. The van der Waals surface area contributed by atoms with Crippen molar-refractivity contribution in [2.24, 2.45) is 7.05 Å². The molecule has 0 aliphatic rings. The van der Waals surface area contributed by atoms with Crippen LogP contribution < -0.4 is 11.1 Å². The largest absolute Gasteiger partial charge is 0.396 e. The van der Waals surface area contributed by atoms with Crippen LogP contribution in [0.1, 0.15) is 5.56 Å². The molecule has 4 nitrogen and oxygen atoms in total. The quantitative estimate of drug-likeness (QED) is 0.844. The Balaban J connectivity index is 2.09. The average Bonchev–Trinajstić information content (AvgIpc) is 2.69. The maximum absolute atomic E-state index is 5.95. The molecule has 0 bridgehead atoms. The summed E-state index contributed by atoms with van der Waals surface area (Å²) < 4.78 is 1.73. The molecule has 0 spiro atoms. The highest BCUT2D eigenvalue weighted by Crippen LogP contribution is 2.29. The highest BCUT2D eigenvalue weighted by Gasteiger charge is 2.05. The number of benzene rings is 1. The van der Waals surface area contributed by atoms with Crippen molar-refractivity contribution in [1.29, 1.82) is 0 Å². The predicted octanol–water partition coefficient (Wildman–Crippen LogP) is 2.92. The van der Waals surface area contributed by atoms with Gasteiger partial charge in [-0.15, -0.1) is 0 Å². The van der Waals surface area contributed by atoms with E-state index in [1.165, 1.54) is 0 Å². The second-order valence-electron chi connectivity index (χ2n) is 3.73. The van der Waals surface area contributed by atoms with E-state index >= 15 is 0 Å². The van der Waals surface area contributed by atoms with Crippen LogP contribution in [0.15, 0.2) is 24.5 Å². The maximum atomic E-state index is 5.95. The lowest BCUT2D eigenvalue weighted by Gasteiger charge is -2.07. The molecule has 17 heavy (non-hydrogen) atoms. The van der Waals surface area contributed by atoms with Crippen LogP contribution in [0.25, 0.3) is 0 Å². The van der Waals surface area contributed by atoms with E-state index in [0.29, 0.717) is 22.3 Å². The van der Waals surface area contributed by atoms with Crippen LogP contribution in [0.2, 0.25) is 10.0 Å². The lowest BCUT2D eigenvalue weighted by molar-refractivity contribution is 0.768. The van der Waals surface area contributed by atoms with Gasteiger partial charge in [0.15, 0.2) is 0 Å². The topological polar surface area (TPSA) is 55.9 Å². The summed E-state index contributed by atoms with van der Waals surface area (Å²) in [5.41, 5.74) is 7.99. The predicted molar refractivity (Wildman–Crippen MR) is 71.4 cm³/mol. The van der Waals surface area contributed by atoms with E-state index < -0.39 is 0 Å². The zero-order chi connectivity index (χ0) is 12.4. The second-order valence-corrected chi connectivity index (χ2v) is 4.54. The molecular formula is C11H12Cl2N4. The summed E-state index contributed by atoms with van der Waals surface area (Å²) in [4.78, 5) is 0. The molecule has 3 N–H and O–H groups in total. The third-order valence-corrected chi connectivity index (χ3v) is 2.97. The fourth-order valence-corrected chi connectivity index (χ4v) is 1.99. The van der Waals surface area contributed by atoms with Crippen molar-refractivity contribution in [3.63, 3.8) is 0 Å². The van der Waals surface area contributed by atoms with Crippen LogP contribution in [0.4, 0.5) is 11.4 Å². The van der Waals surface area contributed by atoms with Gasteiger partial charge in [0, 0.05) is 19.8 Å². The van der Waals surface area contributed by atoms with E-state index in [0.717, 1.165) is 11.3 Å². The van der Waals surface area contributed by atoms with Gasteiger partial charge in [-0.2, -0.15) is 5.10 Å². The first-order valence-corrected chi connectivity index (χ1v) is 5.78. The smallest absolute Gasteiger partial charge is 0.0729 e. The summed E-state index contributed by atoms with van der Waals surface area (Å²) in [5, 5.41) is 8.22. The lowest BCUT2D eigenvalue weighted by atomic mass is 10.2. The molecule has 0 aliphatic carbocycles. The summed E-state index contributed by atoms with van der Waals surface area (Å²) in [7, 11) is 1.86. The number of aromatic nitrogens is 2. The standard InChI is InChI=1S/C11H12Cl2N4/c1-17-6-8(5-16-17)15-4-7-2-9(12)11(14)10(13)3-7/h2-3,5-6,15H,4,14H2,1H3. The molecule has 0 saturated carbocycles. The minimum Gasteiger partial charge on any atom is -0.396 e. The van der Waals surface area contributed by atoms with Crippen molar-refractivity contribution in [3.05, 3.63) is 40.1 Å². The molecule has 90 valence electrons. The summed E-state index contributed by atoms with van der Waals surface area (Å²) >= 11 is 11.9. The van der Waals surface area contributed by atoms with Gasteiger partial charge in [-0.05, 0) is 17.7 Å². The Hall–Kier alpha value is -1.39. The first-order chi connectivity index (χ1) is 8.06. The van der Waals surface area contributed by atoms with Gasteiger partial charge in [-0.25, -0.2) is 0 Å². The number of hydrogen-bond acceptors (Lipinski definition) is 3. The third-order valence-electron chi connectivity index (χ3n) is 2.34.